The maximum atomic E-state index is 11.2. The van der Waals surface area contributed by atoms with E-state index in [1.165, 1.54) is 12.1 Å². The first kappa shape index (κ1) is 12.6. The fourth-order valence-electron chi connectivity index (χ4n) is 1.17. The van der Waals surface area contributed by atoms with Crippen molar-refractivity contribution in [1.82, 2.24) is 0 Å². The van der Waals surface area contributed by atoms with Gasteiger partial charge in [-0.25, -0.2) is 13.6 Å². The Morgan fingerprint density at radius 3 is 2.07 bits per heavy atom. The summed E-state index contributed by atoms with van der Waals surface area (Å²) in [4.78, 5) is -0.0256. The van der Waals surface area contributed by atoms with Crippen LogP contribution >= 0.6 is 23.2 Å². The molecular weight excluding hydrogens is 259 g/mol. The standard InChI is InChI=1S/C8H10Cl2N2O2S/c9-3-5-2-8(15(12,13)14)6(4-10)1-7(5)11/h1-2H,3-4,11H2,(H2,12,13,14). The zero-order chi connectivity index (χ0) is 11.6. The SMILES string of the molecule is Nc1cc(CCl)c(S(N)(=O)=O)cc1CCl. The Morgan fingerprint density at radius 1 is 1.13 bits per heavy atom. The number of primary sulfonamides is 1. The first-order valence-corrected chi connectivity index (χ1v) is 6.57. The molecule has 0 fully saturated rings. The molecule has 0 aromatic heterocycles. The van der Waals surface area contributed by atoms with Crippen molar-refractivity contribution in [1.29, 1.82) is 0 Å². The highest BCUT2D eigenvalue weighted by molar-refractivity contribution is 7.89. The van der Waals surface area contributed by atoms with Gasteiger partial charge >= 0.3 is 0 Å². The third-order valence-corrected chi connectivity index (χ3v) is 3.49. The van der Waals surface area contributed by atoms with E-state index in [1.807, 2.05) is 0 Å². The molecule has 7 heteroatoms. The topological polar surface area (TPSA) is 86.2 Å². The fraction of sp³-hybridized carbons (Fsp3) is 0.250. The number of anilines is 1. The molecule has 0 unspecified atom stereocenters. The number of hydrogen-bond acceptors (Lipinski definition) is 3. The van der Waals surface area contributed by atoms with Crippen LogP contribution in [0.3, 0.4) is 0 Å². The van der Waals surface area contributed by atoms with E-state index in [0.717, 1.165) is 0 Å². The van der Waals surface area contributed by atoms with E-state index in [2.05, 4.69) is 0 Å². The minimum atomic E-state index is -3.79. The van der Waals surface area contributed by atoms with Gasteiger partial charge in [0.25, 0.3) is 0 Å². The van der Waals surface area contributed by atoms with Crippen LogP contribution in [0.25, 0.3) is 0 Å². The predicted octanol–water partition coefficient (Wildman–Crippen LogP) is 1.39. The molecule has 1 rings (SSSR count). The Kier molecular flexibility index (Phi) is 3.83. The number of alkyl halides is 2. The molecule has 0 aliphatic carbocycles. The molecule has 1 aromatic carbocycles. The number of nitrogen functional groups attached to an aromatic ring is 1. The summed E-state index contributed by atoms with van der Waals surface area (Å²) in [7, 11) is -3.79. The van der Waals surface area contributed by atoms with Gasteiger partial charge in [0, 0.05) is 17.4 Å². The van der Waals surface area contributed by atoms with E-state index in [9.17, 15) is 8.42 Å². The average molecular weight is 269 g/mol. The molecule has 1 aromatic rings. The van der Waals surface area contributed by atoms with Crippen molar-refractivity contribution in [3.8, 4) is 0 Å². The number of benzene rings is 1. The summed E-state index contributed by atoms with van der Waals surface area (Å²) in [5, 5.41) is 5.04. The smallest absolute Gasteiger partial charge is 0.238 e. The minimum Gasteiger partial charge on any atom is -0.398 e. The first-order valence-electron chi connectivity index (χ1n) is 3.96. The normalized spacial score (nSPS) is 11.7. The van der Waals surface area contributed by atoms with Gasteiger partial charge in [-0.3, -0.25) is 0 Å². The zero-order valence-electron chi connectivity index (χ0n) is 7.70. The van der Waals surface area contributed by atoms with Crippen LogP contribution in [0.15, 0.2) is 17.0 Å². The molecule has 4 N–H and O–H groups in total. The van der Waals surface area contributed by atoms with Crippen LogP contribution in [-0.2, 0) is 21.8 Å². The van der Waals surface area contributed by atoms with Gasteiger partial charge in [-0.2, -0.15) is 0 Å². The highest BCUT2D eigenvalue weighted by Gasteiger charge is 2.15. The van der Waals surface area contributed by atoms with Crippen molar-refractivity contribution in [2.24, 2.45) is 5.14 Å². The predicted molar refractivity (Wildman–Crippen MR) is 61.3 cm³/mol. The Morgan fingerprint density at radius 2 is 1.67 bits per heavy atom. The summed E-state index contributed by atoms with van der Waals surface area (Å²) in [6, 6.07) is 2.83. The van der Waals surface area contributed by atoms with Crippen molar-refractivity contribution in [3.63, 3.8) is 0 Å². The highest BCUT2D eigenvalue weighted by Crippen LogP contribution is 2.24. The third kappa shape index (κ3) is 2.75. The van der Waals surface area contributed by atoms with Gasteiger partial charge in [0.15, 0.2) is 0 Å². The highest BCUT2D eigenvalue weighted by atomic mass is 35.5. The molecule has 84 valence electrons. The van der Waals surface area contributed by atoms with Crippen molar-refractivity contribution >= 4 is 38.9 Å². The molecular formula is C8H10Cl2N2O2S. The number of sulfonamides is 1. The van der Waals surface area contributed by atoms with Gasteiger partial charge < -0.3 is 5.73 Å². The van der Waals surface area contributed by atoms with Crippen molar-refractivity contribution < 1.29 is 8.42 Å². The quantitative estimate of drug-likeness (QED) is 0.642. The lowest BCUT2D eigenvalue weighted by atomic mass is 10.1. The van der Waals surface area contributed by atoms with Gasteiger partial charge in [0.2, 0.25) is 10.0 Å². The van der Waals surface area contributed by atoms with E-state index < -0.39 is 10.0 Å². The van der Waals surface area contributed by atoms with Crippen LogP contribution < -0.4 is 10.9 Å². The molecule has 0 saturated heterocycles. The van der Waals surface area contributed by atoms with E-state index in [0.29, 0.717) is 16.8 Å². The van der Waals surface area contributed by atoms with Gasteiger partial charge in [-0.15, -0.1) is 23.2 Å². The lowest BCUT2D eigenvalue weighted by molar-refractivity contribution is 0.597. The first-order chi connectivity index (χ1) is 6.90. The van der Waals surface area contributed by atoms with E-state index in [1.54, 1.807) is 0 Å². The molecule has 15 heavy (non-hydrogen) atoms. The van der Waals surface area contributed by atoms with Crippen LogP contribution in [0.2, 0.25) is 0 Å². The van der Waals surface area contributed by atoms with Crippen molar-refractivity contribution in [3.05, 3.63) is 23.3 Å². The largest absolute Gasteiger partial charge is 0.398 e. The molecule has 0 spiro atoms. The van der Waals surface area contributed by atoms with E-state index in [-0.39, 0.29) is 16.7 Å². The molecule has 0 aliphatic rings. The molecule has 0 saturated carbocycles. The number of hydrogen-bond donors (Lipinski definition) is 2. The minimum absolute atomic E-state index is 0.0256. The molecule has 0 radical (unpaired) electrons. The van der Waals surface area contributed by atoms with E-state index in [4.69, 9.17) is 34.1 Å². The van der Waals surface area contributed by atoms with Crippen LogP contribution in [0.4, 0.5) is 5.69 Å². The zero-order valence-corrected chi connectivity index (χ0v) is 10.0. The van der Waals surface area contributed by atoms with Crippen molar-refractivity contribution in [2.45, 2.75) is 16.7 Å². The second-order valence-corrected chi connectivity index (χ2v) is 5.04. The maximum Gasteiger partial charge on any atom is 0.238 e. The molecule has 0 aliphatic heterocycles. The number of nitrogens with two attached hydrogens (primary N) is 2. The monoisotopic (exact) mass is 268 g/mol. The van der Waals surface area contributed by atoms with Crippen LogP contribution in [-0.4, -0.2) is 8.42 Å². The second kappa shape index (κ2) is 4.57. The average Bonchev–Trinajstić information content (AvgIpc) is 2.15. The van der Waals surface area contributed by atoms with Crippen LogP contribution in [0.1, 0.15) is 11.1 Å². The summed E-state index contributed by atoms with van der Waals surface area (Å²) < 4.78 is 22.5. The van der Waals surface area contributed by atoms with Crippen molar-refractivity contribution in [2.75, 3.05) is 5.73 Å². The lowest BCUT2D eigenvalue weighted by Crippen LogP contribution is -2.15. The Bertz CT molecular complexity index is 474. The number of rotatable bonds is 3. The molecule has 0 atom stereocenters. The molecule has 4 nitrogen and oxygen atoms in total. The summed E-state index contributed by atoms with van der Waals surface area (Å²) in [6.45, 7) is 0. The van der Waals surface area contributed by atoms with Gasteiger partial charge in [-0.05, 0) is 23.3 Å². The summed E-state index contributed by atoms with van der Waals surface area (Å²) in [5.41, 5.74) is 6.95. The Balaban J connectivity index is 3.49. The van der Waals surface area contributed by atoms with E-state index >= 15 is 0 Å². The third-order valence-electron chi connectivity index (χ3n) is 1.92. The molecule has 0 heterocycles. The Labute approximate surface area is 98.2 Å². The fourth-order valence-corrected chi connectivity index (χ4v) is 2.51. The van der Waals surface area contributed by atoms with Crippen LogP contribution in [0.5, 0.6) is 0 Å². The summed E-state index contributed by atoms with van der Waals surface area (Å²) in [5.74, 6) is 0.148. The maximum absolute atomic E-state index is 11.2. The van der Waals surface area contributed by atoms with Gasteiger partial charge in [-0.1, -0.05) is 0 Å². The van der Waals surface area contributed by atoms with Gasteiger partial charge in [0.1, 0.15) is 0 Å². The van der Waals surface area contributed by atoms with Gasteiger partial charge in [0.05, 0.1) is 4.90 Å². The summed E-state index contributed by atoms with van der Waals surface area (Å²) >= 11 is 11.2. The molecule has 0 bridgehead atoms. The Hall–Kier alpha value is -0.490. The second-order valence-electron chi connectivity index (χ2n) is 2.97. The summed E-state index contributed by atoms with van der Waals surface area (Å²) in [6.07, 6.45) is 0. The van der Waals surface area contributed by atoms with Crippen LogP contribution in [0, 0.1) is 0 Å². The number of halogens is 2. The molecule has 0 amide bonds. The lowest BCUT2D eigenvalue weighted by Gasteiger charge is -2.09.